The number of pyridine rings is 1. The van der Waals surface area contributed by atoms with Gasteiger partial charge >= 0.3 is 0 Å². The Labute approximate surface area is 141 Å². The van der Waals surface area contributed by atoms with E-state index in [1.54, 1.807) is 18.3 Å². The van der Waals surface area contributed by atoms with Crippen molar-refractivity contribution < 1.29 is 14.3 Å². The lowest BCUT2D eigenvalue weighted by molar-refractivity contribution is -0.121. The van der Waals surface area contributed by atoms with Crippen LogP contribution in [0.1, 0.15) is 23.2 Å². The zero-order valence-corrected chi connectivity index (χ0v) is 13.4. The maximum atomic E-state index is 11.8. The van der Waals surface area contributed by atoms with Crippen LogP contribution in [0.2, 0.25) is 0 Å². The number of ether oxygens (including phenoxy) is 1. The smallest absolute Gasteiger partial charge is 0.252 e. The molecule has 24 heavy (non-hydrogen) atoms. The van der Waals surface area contributed by atoms with Gasteiger partial charge < -0.3 is 15.4 Å². The average Bonchev–Trinajstić information content (AvgIpc) is 2.64. The first kappa shape index (κ1) is 17.5. The van der Waals surface area contributed by atoms with Crippen molar-refractivity contribution in [2.75, 3.05) is 19.7 Å². The monoisotopic (exact) mass is 327 g/mol. The van der Waals surface area contributed by atoms with E-state index in [-0.39, 0.29) is 11.8 Å². The molecule has 0 saturated heterocycles. The maximum Gasteiger partial charge on any atom is 0.252 e. The van der Waals surface area contributed by atoms with E-state index < -0.39 is 0 Å². The van der Waals surface area contributed by atoms with Crippen LogP contribution in [0.15, 0.2) is 54.9 Å². The van der Waals surface area contributed by atoms with Gasteiger partial charge in [-0.25, -0.2) is 0 Å². The average molecular weight is 327 g/mol. The first-order chi connectivity index (χ1) is 11.8. The van der Waals surface area contributed by atoms with Crippen molar-refractivity contribution in [1.29, 1.82) is 0 Å². The van der Waals surface area contributed by atoms with Crippen molar-refractivity contribution >= 4 is 11.8 Å². The highest BCUT2D eigenvalue weighted by atomic mass is 16.5. The van der Waals surface area contributed by atoms with Gasteiger partial charge in [0.2, 0.25) is 5.91 Å². The van der Waals surface area contributed by atoms with E-state index in [1.807, 2.05) is 30.3 Å². The molecule has 6 nitrogen and oxygen atoms in total. The molecule has 2 N–H and O–H groups in total. The lowest BCUT2D eigenvalue weighted by Crippen LogP contribution is -2.34. The highest BCUT2D eigenvalue weighted by Gasteiger charge is 2.05. The number of nitrogens with zero attached hydrogens (tertiary/aromatic N) is 1. The number of aromatic nitrogens is 1. The minimum absolute atomic E-state index is 0.0534. The van der Waals surface area contributed by atoms with Crippen LogP contribution in [-0.2, 0) is 4.79 Å². The van der Waals surface area contributed by atoms with Crippen molar-refractivity contribution in [3.63, 3.8) is 0 Å². The second-order valence-electron chi connectivity index (χ2n) is 5.11. The van der Waals surface area contributed by atoms with Crippen molar-refractivity contribution in [2.24, 2.45) is 0 Å². The first-order valence-electron chi connectivity index (χ1n) is 7.88. The third kappa shape index (κ3) is 6.48. The van der Waals surface area contributed by atoms with Crippen LogP contribution in [-0.4, -0.2) is 36.5 Å². The summed E-state index contributed by atoms with van der Waals surface area (Å²) in [5.74, 6) is 0.548. The fraction of sp³-hybridized carbons (Fsp3) is 0.278. The van der Waals surface area contributed by atoms with Gasteiger partial charge in [-0.1, -0.05) is 18.2 Å². The summed E-state index contributed by atoms with van der Waals surface area (Å²) in [6.45, 7) is 1.26. The number of carbonyl (C=O) groups is 2. The number of hydrogen-bond donors (Lipinski definition) is 2. The molecule has 0 radical (unpaired) electrons. The van der Waals surface area contributed by atoms with Gasteiger partial charge in [0.15, 0.2) is 0 Å². The Kier molecular flexibility index (Phi) is 7.27. The Morgan fingerprint density at radius 2 is 1.79 bits per heavy atom. The summed E-state index contributed by atoms with van der Waals surface area (Å²) >= 11 is 0. The molecule has 0 atom stereocenters. The number of carbonyl (C=O) groups excluding carboxylic acids is 2. The molecule has 0 unspecified atom stereocenters. The molecule has 2 aromatic rings. The number of para-hydroxylation sites is 1. The Hall–Kier alpha value is -2.89. The molecule has 1 aromatic carbocycles. The largest absolute Gasteiger partial charge is 0.494 e. The summed E-state index contributed by atoms with van der Waals surface area (Å²) < 4.78 is 5.52. The summed E-state index contributed by atoms with van der Waals surface area (Å²) in [6, 6.07) is 12.9. The van der Waals surface area contributed by atoms with Gasteiger partial charge in [-0.2, -0.15) is 0 Å². The zero-order chi connectivity index (χ0) is 17.0. The van der Waals surface area contributed by atoms with Crippen LogP contribution >= 0.6 is 0 Å². The minimum atomic E-state index is -0.200. The maximum absolute atomic E-state index is 11.8. The summed E-state index contributed by atoms with van der Waals surface area (Å²) in [4.78, 5) is 27.3. The second kappa shape index (κ2) is 9.99. The molecule has 0 aliphatic heterocycles. The first-order valence-corrected chi connectivity index (χ1v) is 7.88. The molecule has 2 amide bonds. The second-order valence-corrected chi connectivity index (χ2v) is 5.11. The highest BCUT2D eigenvalue weighted by Crippen LogP contribution is 2.08. The van der Waals surface area contributed by atoms with E-state index in [0.717, 1.165) is 5.75 Å². The van der Waals surface area contributed by atoms with Gasteiger partial charge in [0, 0.05) is 31.9 Å². The number of hydrogen-bond acceptors (Lipinski definition) is 4. The van der Waals surface area contributed by atoms with Crippen LogP contribution in [0.5, 0.6) is 5.75 Å². The number of amides is 2. The SMILES string of the molecule is O=C(CCCOc1ccccc1)NCCNC(=O)c1cccnc1. The standard InChI is InChI=1S/C18H21N3O3/c22-17(9-5-13-24-16-7-2-1-3-8-16)20-11-12-21-18(23)15-6-4-10-19-14-15/h1-4,6-8,10,14H,5,9,11-13H2,(H,20,22)(H,21,23). The minimum Gasteiger partial charge on any atom is -0.494 e. The molecule has 0 bridgehead atoms. The summed E-state index contributed by atoms with van der Waals surface area (Å²) in [5.41, 5.74) is 0.502. The van der Waals surface area contributed by atoms with E-state index >= 15 is 0 Å². The van der Waals surface area contributed by atoms with E-state index in [1.165, 1.54) is 6.20 Å². The van der Waals surface area contributed by atoms with Crippen LogP contribution in [0.4, 0.5) is 0 Å². The fourth-order valence-corrected chi connectivity index (χ4v) is 2.00. The molecule has 0 fully saturated rings. The Balaban J connectivity index is 1.51. The van der Waals surface area contributed by atoms with E-state index in [0.29, 0.717) is 38.1 Å². The zero-order valence-electron chi connectivity index (χ0n) is 13.4. The van der Waals surface area contributed by atoms with Gasteiger partial charge in [-0.3, -0.25) is 14.6 Å². The molecule has 126 valence electrons. The Morgan fingerprint density at radius 3 is 2.54 bits per heavy atom. The molecule has 0 aliphatic rings. The molecule has 2 rings (SSSR count). The highest BCUT2D eigenvalue weighted by molar-refractivity contribution is 5.93. The number of nitrogens with one attached hydrogen (secondary N) is 2. The molecule has 6 heteroatoms. The Bertz CT molecular complexity index is 632. The molecule has 0 saturated carbocycles. The number of benzene rings is 1. The lowest BCUT2D eigenvalue weighted by atomic mass is 10.3. The van der Waals surface area contributed by atoms with Gasteiger partial charge in [0.25, 0.3) is 5.91 Å². The third-order valence-corrected chi connectivity index (χ3v) is 3.22. The molecule has 1 heterocycles. The predicted molar refractivity (Wildman–Crippen MR) is 90.8 cm³/mol. The number of rotatable bonds is 9. The summed E-state index contributed by atoms with van der Waals surface area (Å²) in [7, 11) is 0. The van der Waals surface area contributed by atoms with Crippen molar-refractivity contribution in [3.8, 4) is 5.75 Å². The third-order valence-electron chi connectivity index (χ3n) is 3.22. The van der Waals surface area contributed by atoms with E-state index in [2.05, 4.69) is 15.6 Å². The van der Waals surface area contributed by atoms with Crippen molar-refractivity contribution in [1.82, 2.24) is 15.6 Å². The summed E-state index contributed by atoms with van der Waals surface area (Å²) in [6.07, 6.45) is 4.14. The van der Waals surface area contributed by atoms with Gasteiger partial charge in [-0.15, -0.1) is 0 Å². The lowest BCUT2D eigenvalue weighted by Gasteiger charge is -2.08. The van der Waals surface area contributed by atoms with E-state index in [9.17, 15) is 9.59 Å². The van der Waals surface area contributed by atoms with Gasteiger partial charge in [0.1, 0.15) is 5.75 Å². The van der Waals surface area contributed by atoms with Crippen molar-refractivity contribution in [2.45, 2.75) is 12.8 Å². The fourth-order valence-electron chi connectivity index (χ4n) is 2.00. The molecule has 1 aromatic heterocycles. The quantitative estimate of drug-likeness (QED) is 0.688. The Morgan fingerprint density at radius 1 is 1.00 bits per heavy atom. The van der Waals surface area contributed by atoms with Gasteiger partial charge in [0.05, 0.1) is 12.2 Å². The molecule has 0 aliphatic carbocycles. The molecular weight excluding hydrogens is 306 g/mol. The van der Waals surface area contributed by atoms with Crippen LogP contribution in [0.25, 0.3) is 0 Å². The normalized spacial score (nSPS) is 10.0. The van der Waals surface area contributed by atoms with Crippen LogP contribution in [0, 0.1) is 0 Å². The van der Waals surface area contributed by atoms with Crippen molar-refractivity contribution in [3.05, 3.63) is 60.4 Å². The molecule has 0 spiro atoms. The van der Waals surface area contributed by atoms with Crippen LogP contribution < -0.4 is 15.4 Å². The molecular formula is C18H21N3O3. The summed E-state index contributed by atoms with van der Waals surface area (Å²) in [5, 5.41) is 5.49. The van der Waals surface area contributed by atoms with Gasteiger partial charge in [-0.05, 0) is 30.7 Å². The van der Waals surface area contributed by atoms with Crippen LogP contribution in [0.3, 0.4) is 0 Å². The predicted octanol–water partition coefficient (Wildman–Crippen LogP) is 1.79. The topological polar surface area (TPSA) is 80.3 Å². The van der Waals surface area contributed by atoms with E-state index in [4.69, 9.17) is 4.74 Å².